The highest BCUT2D eigenvalue weighted by atomic mass is 32.2. The quantitative estimate of drug-likeness (QED) is 0.200. The van der Waals surface area contributed by atoms with E-state index in [1.54, 1.807) is 55.6 Å². The third kappa shape index (κ3) is 6.76. The first-order chi connectivity index (χ1) is 19.8. The van der Waals surface area contributed by atoms with Crippen LogP contribution in [0.15, 0.2) is 113 Å². The van der Waals surface area contributed by atoms with E-state index in [1.165, 1.54) is 11.8 Å². The molecule has 0 saturated heterocycles. The maximum absolute atomic E-state index is 12.8. The van der Waals surface area contributed by atoms with Gasteiger partial charge in [0.05, 0.1) is 17.8 Å². The Hall–Kier alpha value is -4.61. The molecular formula is C30H27N5O4S2. The maximum Gasteiger partial charge on any atom is 0.261 e. The van der Waals surface area contributed by atoms with E-state index in [0.717, 1.165) is 11.3 Å². The van der Waals surface area contributed by atoms with Crippen LogP contribution in [0.25, 0.3) is 17.1 Å². The Labute approximate surface area is 242 Å². The van der Waals surface area contributed by atoms with Gasteiger partial charge in [-0.1, -0.05) is 47.7 Å². The molecule has 208 valence electrons. The van der Waals surface area contributed by atoms with Crippen LogP contribution in [-0.4, -0.2) is 42.0 Å². The topological polar surface area (TPSA) is 115 Å². The van der Waals surface area contributed by atoms with E-state index in [2.05, 4.69) is 20.2 Å². The van der Waals surface area contributed by atoms with Crippen LogP contribution in [0.1, 0.15) is 5.56 Å². The molecule has 11 heteroatoms. The number of thioether (sulfide) groups is 1. The molecule has 0 fully saturated rings. The van der Waals surface area contributed by atoms with Gasteiger partial charge in [0.25, 0.3) is 10.0 Å². The summed E-state index contributed by atoms with van der Waals surface area (Å²) in [6.45, 7) is 1.90. The SMILES string of the molecule is COc1ccc(-n2c(SCC(=O)Nc3ccccc3)nnc2-c2ccc(NS(=O)(=O)c3ccc(C)cc3)cc2)cc1. The van der Waals surface area contributed by atoms with E-state index in [9.17, 15) is 13.2 Å². The lowest BCUT2D eigenvalue weighted by atomic mass is 10.2. The summed E-state index contributed by atoms with van der Waals surface area (Å²) < 4.78 is 35.4. The predicted octanol–water partition coefficient (Wildman–Crippen LogP) is 5.78. The predicted molar refractivity (Wildman–Crippen MR) is 161 cm³/mol. The molecule has 1 aromatic heterocycles. The third-order valence-corrected chi connectivity index (χ3v) is 8.41. The molecule has 1 heterocycles. The van der Waals surface area contributed by atoms with Crippen molar-refractivity contribution in [3.05, 3.63) is 109 Å². The van der Waals surface area contributed by atoms with Gasteiger partial charge in [-0.15, -0.1) is 10.2 Å². The molecule has 0 spiro atoms. The number of sulfonamides is 1. The highest BCUT2D eigenvalue weighted by molar-refractivity contribution is 7.99. The van der Waals surface area contributed by atoms with Gasteiger partial charge in [-0.25, -0.2) is 8.42 Å². The Bertz CT molecular complexity index is 1740. The number of nitrogens with one attached hydrogen (secondary N) is 2. The van der Waals surface area contributed by atoms with E-state index >= 15 is 0 Å². The van der Waals surface area contributed by atoms with Crippen LogP contribution in [0.5, 0.6) is 5.75 Å². The smallest absolute Gasteiger partial charge is 0.261 e. The van der Waals surface area contributed by atoms with Crippen molar-refractivity contribution in [3.63, 3.8) is 0 Å². The number of aryl methyl sites for hydroxylation is 1. The second-order valence-corrected chi connectivity index (χ2v) is 11.7. The van der Waals surface area contributed by atoms with E-state index in [0.29, 0.717) is 33.7 Å². The fraction of sp³-hybridized carbons (Fsp3) is 0.100. The maximum atomic E-state index is 12.8. The number of anilines is 2. The van der Waals surface area contributed by atoms with Gasteiger partial charge in [-0.2, -0.15) is 0 Å². The molecular weight excluding hydrogens is 558 g/mol. The number of nitrogens with zero attached hydrogens (tertiary/aromatic N) is 3. The Kier molecular flexibility index (Phi) is 8.37. The summed E-state index contributed by atoms with van der Waals surface area (Å²) in [5, 5.41) is 12.2. The second-order valence-electron chi connectivity index (χ2n) is 9.04. The zero-order valence-corrected chi connectivity index (χ0v) is 23.9. The zero-order valence-electron chi connectivity index (χ0n) is 22.3. The number of para-hydroxylation sites is 1. The minimum atomic E-state index is -3.74. The van der Waals surface area contributed by atoms with Crippen LogP contribution >= 0.6 is 11.8 Å². The fourth-order valence-electron chi connectivity index (χ4n) is 3.98. The number of rotatable bonds is 10. The number of benzene rings is 4. The van der Waals surface area contributed by atoms with Crippen LogP contribution in [0.2, 0.25) is 0 Å². The number of hydrogen-bond acceptors (Lipinski definition) is 7. The van der Waals surface area contributed by atoms with E-state index in [1.807, 2.05) is 66.1 Å². The van der Waals surface area contributed by atoms with Crippen LogP contribution in [0.4, 0.5) is 11.4 Å². The summed E-state index contributed by atoms with van der Waals surface area (Å²) in [5.74, 6) is 1.19. The normalized spacial score (nSPS) is 11.2. The molecule has 5 aromatic rings. The summed E-state index contributed by atoms with van der Waals surface area (Å²) in [5.41, 5.74) is 3.60. The Morgan fingerprint density at radius 2 is 1.54 bits per heavy atom. The van der Waals surface area contributed by atoms with Crippen molar-refractivity contribution in [2.75, 3.05) is 22.9 Å². The Balaban J connectivity index is 1.40. The molecule has 4 aromatic carbocycles. The van der Waals surface area contributed by atoms with Crippen molar-refractivity contribution in [2.45, 2.75) is 17.0 Å². The van der Waals surface area contributed by atoms with Gasteiger partial charge in [-0.3, -0.25) is 14.1 Å². The summed E-state index contributed by atoms with van der Waals surface area (Å²) in [4.78, 5) is 12.8. The lowest BCUT2D eigenvalue weighted by Crippen LogP contribution is -2.14. The van der Waals surface area contributed by atoms with Gasteiger partial charge in [0.2, 0.25) is 5.91 Å². The van der Waals surface area contributed by atoms with Crippen LogP contribution in [0.3, 0.4) is 0 Å². The number of amides is 1. The van der Waals surface area contributed by atoms with Gasteiger partial charge >= 0.3 is 0 Å². The Morgan fingerprint density at radius 3 is 2.20 bits per heavy atom. The minimum Gasteiger partial charge on any atom is -0.497 e. The van der Waals surface area contributed by atoms with E-state index < -0.39 is 10.0 Å². The summed E-state index contributed by atoms with van der Waals surface area (Å²) >= 11 is 1.26. The average Bonchev–Trinajstić information content (AvgIpc) is 3.41. The minimum absolute atomic E-state index is 0.128. The molecule has 9 nitrogen and oxygen atoms in total. The number of carbonyl (C=O) groups is 1. The first kappa shape index (κ1) is 27.9. The molecule has 41 heavy (non-hydrogen) atoms. The molecule has 0 unspecified atom stereocenters. The van der Waals surface area contributed by atoms with Crippen LogP contribution in [-0.2, 0) is 14.8 Å². The molecule has 1 amide bonds. The first-order valence-electron chi connectivity index (χ1n) is 12.6. The molecule has 0 radical (unpaired) electrons. The largest absolute Gasteiger partial charge is 0.497 e. The third-order valence-electron chi connectivity index (χ3n) is 6.08. The molecule has 5 rings (SSSR count). The van der Waals surface area contributed by atoms with Crippen molar-refractivity contribution in [2.24, 2.45) is 0 Å². The fourth-order valence-corrected chi connectivity index (χ4v) is 5.79. The molecule has 0 bridgehead atoms. The van der Waals surface area contributed by atoms with Gasteiger partial charge in [0, 0.05) is 22.6 Å². The van der Waals surface area contributed by atoms with Crippen LogP contribution in [0, 0.1) is 6.92 Å². The van der Waals surface area contributed by atoms with Gasteiger partial charge in [-0.05, 0) is 79.7 Å². The number of hydrogen-bond donors (Lipinski definition) is 2. The lowest BCUT2D eigenvalue weighted by Gasteiger charge is -2.12. The summed E-state index contributed by atoms with van der Waals surface area (Å²) in [6.07, 6.45) is 0. The van der Waals surface area contributed by atoms with Gasteiger partial charge < -0.3 is 10.1 Å². The number of ether oxygens (including phenoxy) is 1. The Morgan fingerprint density at radius 1 is 0.854 bits per heavy atom. The van der Waals surface area contributed by atoms with E-state index in [4.69, 9.17) is 4.74 Å². The monoisotopic (exact) mass is 585 g/mol. The number of methoxy groups -OCH3 is 1. The summed E-state index contributed by atoms with van der Waals surface area (Å²) in [6, 6.07) is 30.2. The molecule has 0 aliphatic rings. The zero-order chi connectivity index (χ0) is 28.8. The first-order valence-corrected chi connectivity index (χ1v) is 15.1. The second kappa shape index (κ2) is 12.3. The molecule has 0 saturated carbocycles. The van der Waals surface area contributed by atoms with Gasteiger partial charge in [0.15, 0.2) is 11.0 Å². The highest BCUT2D eigenvalue weighted by Crippen LogP contribution is 2.30. The van der Waals surface area contributed by atoms with Gasteiger partial charge in [0.1, 0.15) is 5.75 Å². The highest BCUT2D eigenvalue weighted by Gasteiger charge is 2.19. The van der Waals surface area contributed by atoms with E-state index in [-0.39, 0.29) is 16.6 Å². The molecule has 0 aliphatic heterocycles. The molecule has 0 aliphatic carbocycles. The average molecular weight is 586 g/mol. The van der Waals surface area contributed by atoms with Crippen molar-refractivity contribution in [1.82, 2.24) is 14.8 Å². The summed E-state index contributed by atoms with van der Waals surface area (Å²) in [7, 11) is -2.14. The van der Waals surface area contributed by atoms with Crippen LogP contribution < -0.4 is 14.8 Å². The number of carbonyl (C=O) groups excluding carboxylic acids is 1. The van der Waals surface area contributed by atoms with Crippen molar-refractivity contribution in [3.8, 4) is 22.8 Å². The lowest BCUT2D eigenvalue weighted by molar-refractivity contribution is -0.113. The van der Waals surface area contributed by atoms with Crippen molar-refractivity contribution in [1.29, 1.82) is 0 Å². The molecule has 0 atom stereocenters. The van der Waals surface area contributed by atoms with Crippen molar-refractivity contribution >= 4 is 39.1 Å². The van der Waals surface area contributed by atoms with Crippen molar-refractivity contribution < 1.29 is 17.9 Å². The molecule has 2 N–H and O–H groups in total. The standard InChI is InChI=1S/C30H27N5O4S2/c1-21-8-18-27(19-9-21)41(37,38)34-24-12-10-22(11-13-24)29-32-33-30(35(29)25-14-16-26(39-2)17-15-25)40-20-28(36)31-23-6-4-3-5-7-23/h3-19,34H,20H2,1-2H3,(H,31,36). The number of aromatic nitrogens is 3.